The minimum absolute atomic E-state index is 0.0275. The fourth-order valence-corrected chi connectivity index (χ4v) is 3.14. The first-order valence-corrected chi connectivity index (χ1v) is 9.43. The van der Waals surface area contributed by atoms with E-state index in [0.29, 0.717) is 17.9 Å². The molecule has 0 bridgehead atoms. The Balaban J connectivity index is 2.17. The number of hydrogen-bond donors (Lipinski definition) is 1. The topological polar surface area (TPSA) is 85.1 Å². The number of nitrogens with two attached hydrogens (primary N) is 1. The normalized spacial score (nSPS) is 16.0. The number of benzene rings is 1. The SMILES string of the molecule is COc1ccccc1N(CCC(N)=O)C(=O)CN(CC(F)F)C[C@@H]1CCC=CO1. The molecule has 0 spiro atoms. The molecule has 0 saturated heterocycles. The van der Waals surface area contributed by atoms with Gasteiger partial charge in [-0.3, -0.25) is 14.5 Å². The third-order valence-electron chi connectivity index (χ3n) is 4.50. The van der Waals surface area contributed by atoms with Crippen molar-refractivity contribution < 1.29 is 27.8 Å². The second kappa shape index (κ2) is 11.4. The maximum absolute atomic E-state index is 13.1. The van der Waals surface area contributed by atoms with E-state index in [0.717, 1.165) is 6.42 Å². The average Bonchev–Trinajstić information content (AvgIpc) is 2.68. The zero-order valence-corrected chi connectivity index (χ0v) is 16.4. The summed E-state index contributed by atoms with van der Waals surface area (Å²) in [7, 11) is 1.46. The first kappa shape index (κ1) is 22.6. The lowest BCUT2D eigenvalue weighted by Crippen LogP contribution is -2.46. The van der Waals surface area contributed by atoms with Crippen LogP contribution in [0.2, 0.25) is 0 Å². The minimum atomic E-state index is -2.59. The summed E-state index contributed by atoms with van der Waals surface area (Å²) in [6.45, 7) is -0.564. The maximum atomic E-state index is 13.1. The fraction of sp³-hybridized carbons (Fsp3) is 0.500. The van der Waals surface area contributed by atoms with Gasteiger partial charge in [0.05, 0.1) is 32.1 Å². The number of carbonyl (C=O) groups is 2. The molecule has 1 heterocycles. The van der Waals surface area contributed by atoms with Crippen molar-refractivity contribution in [3.05, 3.63) is 36.6 Å². The molecule has 9 heteroatoms. The number of rotatable bonds is 11. The largest absolute Gasteiger partial charge is 0.497 e. The highest BCUT2D eigenvalue weighted by atomic mass is 19.3. The molecule has 1 aromatic carbocycles. The van der Waals surface area contributed by atoms with E-state index in [1.165, 1.54) is 16.9 Å². The van der Waals surface area contributed by atoms with Gasteiger partial charge in [0.25, 0.3) is 6.43 Å². The van der Waals surface area contributed by atoms with Crippen LogP contribution >= 0.6 is 0 Å². The number of ether oxygens (including phenoxy) is 2. The lowest BCUT2D eigenvalue weighted by atomic mass is 10.1. The van der Waals surface area contributed by atoms with Crippen LogP contribution in [0.15, 0.2) is 36.6 Å². The molecule has 2 rings (SSSR count). The average molecular weight is 411 g/mol. The van der Waals surface area contributed by atoms with Crippen molar-refractivity contribution in [1.82, 2.24) is 4.90 Å². The number of amides is 2. The molecule has 0 aromatic heterocycles. The van der Waals surface area contributed by atoms with E-state index in [1.54, 1.807) is 30.5 Å². The van der Waals surface area contributed by atoms with Crippen molar-refractivity contribution in [3.63, 3.8) is 0 Å². The lowest BCUT2D eigenvalue weighted by molar-refractivity contribution is -0.120. The summed E-state index contributed by atoms with van der Waals surface area (Å²) < 4.78 is 36.9. The van der Waals surface area contributed by atoms with Crippen LogP contribution in [-0.2, 0) is 14.3 Å². The van der Waals surface area contributed by atoms with Crippen LogP contribution in [0.3, 0.4) is 0 Å². The van der Waals surface area contributed by atoms with Crippen LogP contribution in [-0.4, -0.2) is 62.5 Å². The Morgan fingerprint density at radius 2 is 2.10 bits per heavy atom. The van der Waals surface area contributed by atoms with Crippen LogP contribution in [0, 0.1) is 0 Å². The number of carbonyl (C=O) groups excluding carboxylic acids is 2. The van der Waals surface area contributed by atoms with Gasteiger partial charge in [-0.2, -0.15) is 0 Å². The van der Waals surface area contributed by atoms with Gasteiger partial charge in [-0.05, 0) is 31.1 Å². The van der Waals surface area contributed by atoms with Gasteiger partial charge in [-0.15, -0.1) is 0 Å². The molecule has 1 aliphatic heterocycles. The van der Waals surface area contributed by atoms with E-state index in [4.69, 9.17) is 15.2 Å². The van der Waals surface area contributed by atoms with Gasteiger partial charge in [-0.1, -0.05) is 12.1 Å². The van der Waals surface area contributed by atoms with Crippen LogP contribution in [0.1, 0.15) is 19.3 Å². The summed E-state index contributed by atoms with van der Waals surface area (Å²) in [5, 5.41) is 0. The summed E-state index contributed by atoms with van der Waals surface area (Å²) in [6, 6.07) is 6.82. The highest BCUT2D eigenvalue weighted by Crippen LogP contribution is 2.28. The third-order valence-corrected chi connectivity index (χ3v) is 4.50. The lowest BCUT2D eigenvalue weighted by Gasteiger charge is -2.30. The van der Waals surface area contributed by atoms with Crippen molar-refractivity contribution in [2.24, 2.45) is 5.73 Å². The van der Waals surface area contributed by atoms with Gasteiger partial charge in [0.2, 0.25) is 11.8 Å². The second-order valence-corrected chi connectivity index (χ2v) is 6.73. The zero-order valence-electron chi connectivity index (χ0n) is 16.4. The van der Waals surface area contributed by atoms with Gasteiger partial charge in [-0.25, -0.2) is 8.78 Å². The Hall–Kier alpha value is -2.68. The van der Waals surface area contributed by atoms with Crippen LogP contribution < -0.4 is 15.4 Å². The van der Waals surface area contributed by atoms with Gasteiger partial charge in [0.1, 0.15) is 11.9 Å². The highest BCUT2D eigenvalue weighted by molar-refractivity contribution is 5.96. The molecular weight excluding hydrogens is 384 g/mol. The van der Waals surface area contributed by atoms with E-state index in [2.05, 4.69) is 0 Å². The van der Waals surface area contributed by atoms with Gasteiger partial charge >= 0.3 is 0 Å². The van der Waals surface area contributed by atoms with Gasteiger partial charge < -0.3 is 20.1 Å². The van der Waals surface area contributed by atoms with Gasteiger partial charge in [0.15, 0.2) is 0 Å². The van der Waals surface area contributed by atoms with Gasteiger partial charge in [0, 0.05) is 19.5 Å². The maximum Gasteiger partial charge on any atom is 0.251 e. The van der Waals surface area contributed by atoms with Crippen molar-refractivity contribution in [2.45, 2.75) is 31.8 Å². The molecule has 160 valence electrons. The highest BCUT2D eigenvalue weighted by Gasteiger charge is 2.26. The molecule has 29 heavy (non-hydrogen) atoms. The fourth-order valence-electron chi connectivity index (χ4n) is 3.14. The summed E-state index contributed by atoms with van der Waals surface area (Å²) >= 11 is 0. The number of hydrogen-bond acceptors (Lipinski definition) is 5. The number of primary amides is 1. The number of nitrogens with zero attached hydrogens (tertiary/aromatic N) is 2. The van der Waals surface area contributed by atoms with E-state index in [-0.39, 0.29) is 32.2 Å². The number of methoxy groups -OCH3 is 1. The minimum Gasteiger partial charge on any atom is -0.497 e. The third kappa shape index (κ3) is 7.34. The molecule has 1 aromatic rings. The Morgan fingerprint density at radius 3 is 2.72 bits per heavy atom. The molecule has 0 saturated carbocycles. The first-order chi connectivity index (χ1) is 13.9. The summed E-state index contributed by atoms with van der Waals surface area (Å²) in [6.07, 6.45) is 2.02. The smallest absolute Gasteiger partial charge is 0.251 e. The summed E-state index contributed by atoms with van der Waals surface area (Å²) in [4.78, 5) is 27.0. The predicted molar refractivity (Wildman–Crippen MR) is 105 cm³/mol. The van der Waals surface area contributed by atoms with E-state index in [1.807, 2.05) is 6.08 Å². The number of para-hydroxylation sites is 2. The number of anilines is 1. The molecule has 7 nitrogen and oxygen atoms in total. The Bertz CT molecular complexity index is 715. The van der Waals surface area contributed by atoms with E-state index >= 15 is 0 Å². The predicted octanol–water partition coefficient (Wildman–Crippen LogP) is 2.16. The quantitative estimate of drug-likeness (QED) is 0.603. The standard InChI is InChI=1S/C20H27F2N3O4/c1-28-17-8-3-2-7-16(17)25(10-9-19(23)26)20(27)14-24(13-18(21)22)12-15-6-4-5-11-29-15/h2-3,5,7-8,11,15,18H,4,6,9-10,12-14H2,1H3,(H2,23,26)/t15-/m0/s1. The molecular formula is C20H27F2N3O4. The Labute approximate surface area is 169 Å². The van der Waals surface area contributed by atoms with E-state index < -0.39 is 24.8 Å². The second-order valence-electron chi connectivity index (χ2n) is 6.73. The molecule has 1 atom stereocenters. The summed E-state index contributed by atoms with van der Waals surface area (Å²) in [5.74, 6) is -0.557. The molecule has 2 N–H and O–H groups in total. The summed E-state index contributed by atoms with van der Waals surface area (Å²) in [5.41, 5.74) is 5.69. The Kier molecular flexibility index (Phi) is 8.85. The van der Waals surface area contributed by atoms with Crippen molar-refractivity contribution in [2.75, 3.05) is 38.2 Å². The number of halogens is 2. The molecule has 1 aliphatic rings. The first-order valence-electron chi connectivity index (χ1n) is 9.43. The Morgan fingerprint density at radius 1 is 1.34 bits per heavy atom. The number of allylic oxidation sites excluding steroid dienone is 1. The van der Waals surface area contributed by atoms with E-state index in [9.17, 15) is 18.4 Å². The molecule has 0 aliphatic carbocycles. The van der Waals surface area contributed by atoms with Crippen molar-refractivity contribution in [3.8, 4) is 5.75 Å². The van der Waals surface area contributed by atoms with Crippen LogP contribution in [0.4, 0.5) is 14.5 Å². The molecule has 0 fully saturated rings. The van der Waals surface area contributed by atoms with Crippen molar-refractivity contribution >= 4 is 17.5 Å². The molecule has 0 unspecified atom stereocenters. The number of alkyl halides is 2. The molecule has 0 radical (unpaired) electrons. The molecule has 2 amide bonds. The van der Waals surface area contributed by atoms with Crippen molar-refractivity contribution in [1.29, 1.82) is 0 Å². The van der Waals surface area contributed by atoms with Crippen LogP contribution in [0.25, 0.3) is 0 Å². The zero-order chi connectivity index (χ0) is 21.2. The monoisotopic (exact) mass is 411 g/mol. The van der Waals surface area contributed by atoms with Crippen LogP contribution in [0.5, 0.6) is 5.75 Å².